The van der Waals surface area contributed by atoms with Crippen LogP contribution in [-0.4, -0.2) is 50.5 Å². The van der Waals surface area contributed by atoms with Crippen LogP contribution in [-0.2, 0) is 6.54 Å². The number of benzene rings is 2. The van der Waals surface area contributed by atoms with Gasteiger partial charge in [-0.05, 0) is 31.2 Å². The molecule has 0 bridgehead atoms. The van der Waals surface area contributed by atoms with Gasteiger partial charge in [-0.3, -0.25) is 0 Å². The van der Waals surface area contributed by atoms with Gasteiger partial charge in [-0.15, -0.1) is 0 Å². The predicted octanol–water partition coefficient (Wildman–Crippen LogP) is 0.372. The maximum Gasteiger partial charge on any atom is 0.137 e. The van der Waals surface area contributed by atoms with Crippen LogP contribution in [0.4, 0.5) is 0 Å². The summed E-state index contributed by atoms with van der Waals surface area (Å²) in [5.74, 6) is 0.821. The largest absolute Gasteiger partial charge is 0.491 e. The lowest BCUT2D eigenvalue weighted by molar-refractivity contribution is -1.02. The van der Waals surface area contributed by atoms with Crippen molar-refractivity contribution >= 4 is 11.6 Å². The summed E-state index contributed by atoms with van der Waals surface area (Å²) in [5, 5.41) is 11.1. The smallest absolute Gasteiger partial charge is 0.137 e. The molecule has 4 nitrogen and oxygen atoms in total. The third-order valence-corrected chi connectivity index (χ3v) is 5.27. The zero-order valence-corrected chi connectivity index (χ0v) is 16.1. The van der Waals surface area contributed by atoms with Crippen molar-refractivity contribution in [3.8, 4) is 5.75 Å². The highest BCUT2D eigenvalue weighted by molar-refractivity contribution is 6.30. The van der Waals surface area contributed by atoms with Crippen LogP contribution in [0.1, 0.15) is 11.1 Å². The highest BCUT2D eigenvalue weighted by Crippen LogP contribution is 2.11. The second-order valence-corrected chi connectivity index (χ2v) is 7.72. The third-order valence-electron chi connectivity index (χ3n) is 5.02. The lowest BCUT2D eigenvalue weighted by Crippen LogP contribution is -3.28. The Morgan fingerprint density at radius 3 is 2.23 bits per heavy atom. The first-order chi connectivity index (χ1) is 12.6. The second kappa shape index (κ2) is 9.38. The Kier molecular flexibility index (Phi) is 6.92. The van der Waals surface area contributed by atoms with E-state index in [0.717, 1.165) is 50.0 Å². The Balaban J connectivity index is 1.36. The lowest BCUT2D eigenvalue weighted by Gasteiger charge is -2.30. The normalized spacial score (nSPS) is 21.3. The van der Waals surface area contributed by atoms with Gasteiger partial charge in [0.2, 0.25) is 0 Å². The minimum atomic E-state index is -0.427. The van der Waals surface area contributed by atoms with Crippen molar-refractivity contribution < 1.29 is 19.6 Å². The molecular weight excluding hydrogens is 348 g/mol. The van der Waals surface area contributed by atoms with E-state index in [1.54, 1.807) is 4.90 Å². The number of nitrogens with one attached hydrogen (secondary N) is 2. The Labute approximate surface area is 160 Å². The van der Waals surface area contributed by atoms with E-state index in [1.165, 1.54) is 16.0 Å². The van der Waals surface area contributed by atoms with Gasteiger partial charge >= 0.3 is 0 Å². The number of quaternary nitrogens is 2. The van der Waals surface area contributed by atoms with E-state index in [0.29, 0.717) is 6.61 Å². The fourth-order valence-corrected chi connectivity index (χ4v) is 3.57. The molecule has 1 saturated heterocycles. The zero-order chi connectivity index (χ0) is 18.4. The number of halogens is 1. The molecule has 3 rings (SSSR count). The maximum atomic E-state index is 10.3. The van der Waals surface area contributed by atoms with Gasteiger partial charge in [0, 0.05) is 10.6 Å². The first kappa shape index (κ1) is 19.2. The molecule has 1 atom stereocenters. The highest BCUT2D eigenvalue weighted by atomic mass is 35.5. The molecule has 0 amide bonds. The molecule has 26 heavy (non-hydrogen) atoms. The van der Waals surface area contributed by atoms with Crippen LogP contribution in [0.3, 0.4) is 0 Å². The highest BCUT2D eigenvalue weighted by Gasteiger charge is 2.25. The Morgan fingerprint density at radius 2 is 1.58 bits per heavy atom. The van der Waals surface area contributed by atoms with Gasteiger partial charge in [0.15, 0.2) is 0 Å². The van der Waals surface area contributed by atoms with Crippen LogP contribution in [0.5, 0.6) is 5.75 Å². The van der Waals surface area contributed by atoms with Crippen LogP contribution >= 0.6 is 11.6 Å². The predicted molar refractivity (Wildman–Crippen MR) is 104 cm³/mol. The molecule has 1 aliphatic rings. The second-order valence-electron chi connectivity index (χ2n) is 7.29. The number of hydrogen-bond acceptors (Lipinski definition) is 2. The number of rotatable bonds is 7. The van der Waals surface area contributed by atoms with E-state index in [9.17, 15) is 5.11 Å². The SMILES string of the molecule is Cc1ccc(OC[C@@H](O)C[NH+]2CC[NH+](Cc3ccc(Cl)cc3)CC2)cc1. The van der Waals surface area contributed by atoms with Gasteiger partial charge in [-0.25, -0.2) is 0 Å². The molecule has 1 fully saturated rings. The molecule has 1 aliphatic heterocycles. The Morgan fingerprint density at radius 1 is 0.962 bits per heavy atom. The summed E-state index contributed by atoms with van der Waals surface area (Å²) < 4.78 is 5.69. The zero-order valence-electron chi connectivity index (χ0n) is 15.4. The number of hydrogen-bond donors (Lipinski definition) is 3. The van der Waals surface area contributed by atoms with E-state index in [4.69, 9.17) is 16.3 Å². The standard InChI is InChI=1S/C21H27ClN2O2/c1-17-2-8-21(9-3-17)26-16-20(25)15-24-12-10-23(11-13-24)14-18-4-6-19(22)7-5-18/h2-9,20,25H,10-16H2,1H3/p+2/t20-/m0/s1. The molecule has 0 unspecified atom stereocenters. The van der Waals surface area contributed by atoms with Gasteiger partial charge in [0.05, 0.1) is 0 Å². The Bertz CT molecular complexity index is 667. The van der Waals surface area contributed by atoms with E-state index in [2.05, 4.69) is 19.1 Å². The molecule has 140 valence electrons. The van der Waals surface area contributed by atoms with Crippen molar-refractivity contribution in [3.63, 3.8) is 0 Å². The van der Waals surface area contributed by atoms with Crippen LogP contribution in [0, 0.1) is 6.92 Å². The van der Waals surface area contributed by atoms with Gasteiger partial charge in [0.1, 0.15) is 57.7 Å². The summed E-state index contributed by atoms with van der Waals surface area (Å²) >= 11 is 5.95. The molecule has 1 heterocycles. The van der Waals surface area contributed by atoms with Gasteiger partial charge in [0.25, 0.3) is 0 Å². The van der Waals surface area contributed by atoms with Crippen LogP contribution in [0.15, 0.2) is 48.5 Å². The van der Waals surface area contributed by atoms with E-state index >= 15 is 0 Å². The monoisotopic (exact) mass is 376 g/mol. The van der Waals surface area contributed by atoms with E-state index in [-0.39, 0.29) is 0 Å². The number of aryl methyl sites for hydroxylation is 1. The van der Waals surface area contributed by atoms with E-state index in [1.807, 2.05) is 36.4 Å². The summed E-state index contributed by atoms with van der Waals surface area (Å²) in [5.41, 5.74) is 2.54. The summed E-state index contributed by atoms with van der Waals surface area (Å²) in [7, 11) is 0. The number of piperazine rings is 1. The van der Waals surface area contributed by atoms with Crippen LogP contribution in [0.25, 0.3) is 0 Å². The number of aliphatic hydroxyl groups excluding tert-OH is 1. The molecular formula is C21H29ClN2O2+2. The minimum absolute atomic E-state index is 0.355. The average molecular weight is 377 g/mol. The molecule has 3 N–H and O–H groups in total. The van der Waals surface area contributed by atoms with Crippen molar-refractivity contribution in [2.24, 2.45) is 0 Å². The summed E-state index contributed by atoms with van der Waals surface area (Å²) in [6.45, 7) is 8.64. The van der Waals surface area contributed by atoms with Crippen LogP contribution < -0.4 is 14.5 Å². The maximum absolute atomic E-state index is 10.3. The fraction of sp³-hybridized carbons (Fsp3) is 0.429. The van der Waals surface area contributed by atoms with Gasteiger partial charge in [-0.2, -0.15) is 0 Å². The lowest BCUT2D eigenvalue weighted by atomic mass is 10.2. The molecule has 2 aromatic rings. The molecule has 0 aromatic heterocycles. The summed E-state index contributed by atoms with van der Waals surface area (Å²) in [6, 6.07) is 16.1. The molecule has 0 radical (unpaired) electrons. The van der Waals surface area contributed by atoms with Crippen molar-refractivity contribution in [1.82, 2.24) is 0 Å². The first-order valence-corrected chi connectivity index (χ1v) is 9.75. The average Bonchev–Trinajstić information content (AvgIpc) is 2.65. The molecule has 5 heteroatoms. The van der Waals surface area contributed by atoms with E-state index < -0.39 is 6.10 Å². The third kappa shape index (κ3) is 5.99. The quantitative estimate of drug-likeness (QED) is 0.653. The molecule has 0 saturated carbocycles. The molecule has 2 aromatic carbocycles. The summed E-state index contributed by atoms with van der Waals surface area (Å²) in [4.78, 5) is 3.06. The minimum Gasteiger partial charge on any atom is -0.491 e. The topological polar surface area (TPSA) is 38.3 Å². The van der Waals surface area contributed by atoms with Crippen LogP contribution in [0.2, 0.25) is 5.02 Å². The fourth-order valence-electron chi connectivity index (χ4n) is 3.45. The van der Waals surface area contributed by atoms with Crippen molar-refractivity contribution in [2.75, 3.05) is 39.3 Å². The van der Waals surface area contributed by atoms with Gasteiger partial charge < -0.3 is 19.6 Å². The first-order valence-electron chi connectivity index (χ1n) is 9.37. The van der Waals surface area contributed by atoms with Crippen molar-refractivity contribution in [3.05, 3.63) is 64.7 Å². The van der Waals surface area contributed by atoms with Crippen molar-refractivity contribution in [2.45, 2.75) is 19.6 Å². The molecule has 0 aliphatic carbocycles. The molecule has 0 spiro atoms. The Hall–Kier alpha value is -1.59. The number of ether oxygens (including phenoxy) is 1. The summed E-state index contributed by atoms with van der Waals surface area (Å²) in [6.07, 6.45) is -0.427. The number of aliphatic hydroxyl groups is 1. The van der Waals surface area contributed by atoms with Gasteiger partial charge in [-0.1, -0.05) is 41.4 Å². The van der Waals surface area contributed by atoms with Crippen molar-refractivity contribution in [1.29, 1.82) is 0 Å².